The number of anilines is 1. The molecule has 0 atom stereocenters. The molecule has 1 amide bonds. The molecule has 0 unspecified atom stereocenters. The molecule has 9 aromatic rings. The lowest BCUT2D eigenvalue weighted by atomic mass is 9.94. The van der Waals surface area contributed by atoms with Gasteiger partial charge in [0.05, 0.1) is 27.8 Å². The molecule has 1 aliphatic rings. The van der Waals surface area contributed by atoms with Crippen LogP contribution in [0.5, 0.6) is 0 Å². The van der Waals surface area contributed by atoms with Crippen LogP contribution in [0.1, 0.15) is 58.9 Å². The second-order valence-electron chi connectivity index (χ2n) is 14.8. The molecule has 58 heavy (non-hydrogen) atoms. The molecular formula is C49H37N5O3S. The minimum Gasteiger partial charge on any atom is -0.478 e. The maximum Gasteiger partial charge on any atom is 0.339 e. The summed E-state index contributed by atoms with van der Waals surface area (Å²) >= 11 is 1.26. The number of fused-ring (bicyclic) bond motifs is 3. The van der Waals surface area contributed by atoms with Gasteiger partial charge < -0.3 is 15.0 Å². The Morgan fingerprint density at radius 2 is 1.38 bits per heavy atom. The van der Waals surface area contributed by atoms with Gasteiger partial charge in [-0.25, -0.2) is 14.8 Å². The molecule has 2 N–H and O–H groups in total. The molecule has 5 aromatic carbocycles. The first-order valence-electron chi connectivity index (χ1n) is 19.6. The van der Waals surface area contributed by atoms with E-state index in [0.717, 1.165) is 91.7 Å². The Bertz CT molecular complexity index is 3020. The summed E-state index contributed by atoms with van der Waals surface area (Å²) in [5.41, 5.74) is 8.99. The number of hydrogen-bond acceptors (Lipinski definition) is 6. The number of carbonyl (C=O) groups is 2. The Morgan fingerprint density at radius 3 is 2.17 bits per heavy atom. The van der Waals surface area contributed by atoms with E-state index in [2.05, 4.69) is 57.3 Å². The van der Waals surface area contributed by atoms with Crippen molar-refractivity contribution in [2.45, 2.75) is 38.1 Å². The summed E-state index contributed by atoms with van der Waals surface area (Å²) in [6, 6.07) is 45.8. The number of aromatic carboxylic acids is 1. The van der Waals surface area contributed by atoms with Crippen molar-refractivity contribution in [2.75, 3.05) is 5.32 Å². The van der Waals surface area contributed by atoms with Crippen molar-refractivity contribution in [1.29, 1.82) is 0 Å². The lowest BCUT2D eigenvalue weighted by molar-refractivity contribution is 0.0699. The van der Waals surface area contributed by atoms with Gasteiger partial charge in [-0.1, -0.05) is 98.1 Å². The average Bonchev–Trinajstić information content (AvgIpc) is 3.86. The minimum absolute atomic E-state index is 0.0482. The van der Waals surface area contributed by atoms with Crippen LogP contribution >= 0.6 is 11.3 Å². The average molecular weight is 776 g/mol. The third kappa shape index (κ3) is 6.49. The fourth-order valence-corrected chi connectivity index (χ4v) is 9.60. The second kappa shape index (κ2) is 14.8. The monoisotopic (exact) mass is 775 g/mol. The van der Waals surface area contributed by atoms with Gasteiger partial charge in [0.2, 0.25) is 0 Å². The molecule has 4 aromatic heterocycles. The Balaban J connectivity index is 1.04. The van der Waals surface area contributed by atoms with Gasteiger partial charge in [-0.3, -0.25) is 9.78 Å². The Morgan fingerprint density at radius 1 is 0.655 bits per heavy atom. The van der Waals surface area contributed by atoms with E-state index in [1.807, 2.05) is 97.1 Å². The highest BCUT2D eigenvalue weighted by atomic mass is 32.1. The number of pyridine rings is 2. The van der Waals surface area contributed by atoms with Gasteiger partial charge in [0, 0.05) is 50.1 Å². The highest BCUT2D eigenvalue weighted by molar-refractivity contribution is 7.20. The molecule has 10 rings (SSSR count). The van der Waals surface area contributed by atoms with Crippen molar-refractivity contribution in [3.63, 3.8) is 0 Å². The second-order valence-corrected chi connectivity index (χ2v) is 15.8. The number of carbonyl (C=O) groups excluding carboxylic acids is 1. The number of carboxylic acid groups (broad SMARTS) is 1. The SMILES string of the molecule is O=C(Nc1sc(-c2ccccc2)c(-c2ccc3ncccc3c2)c1C(=O)O)c1ccc2c(c1)nc(-c1ccc3nc(-c4ccccc4)ccc3c1)n2C1CCCCC1. The maximum atomic E-state index is 14.2. The molecule has 9 heteroatoms. The molecule has 282 valence electrons. The minimum atomic E-state index is -1.12. The standard InChI is InChI=1S/C49H37N5O3S/c55-47(53-48-44(49(56)57)43(45(58-48)31-13-6-2-7-14-31)34-19-22-38-32(27-34)15-10-26-50-38)36-21-25-42-41(29-36)52-46(54(42)37-16-8-3-9-17-37)35-20-24-40-33(28-35)18-23-39(51-40)30-11-4-1-5-12-30/h1-2,4-7,10-15,18-29,37H,3,8-9,16-17H2,(H,53,55)(H,56,57). The Kier molecular flexibility index (Phi) is 9.07. The maximum absolute atomic E-state index is 14.2. The molecule has 8 nitrogen and oxygen atoms in total. The summed E-state index contributed by atoms with van der Waals surface area (Å²) in [5.74, 6) is -0.662. The zero-order chi connectivity index (χ0) is 39.2. The van der Waals surface area contributed by atoms with Crippen LogP contribution in [0.25, 0.3) is 77.1 Å². The van der Waals surface area contributed by atoms with E-state index < -0.39 is 11.9 Å². The third-order valence-corrected chi connectivity index (χ3v) is 12.3. The van der Waals surface area contributed by atoms with Crippen molar-refractivity contribution in [3.05, 3.63) is 157 Å². The number of nitrogens with zero attached hydrogens (tertiary/aromatic N) is 4. The predicted molar refractivity (Wildman–Crippen MR) is 233 cm³/mol. The first-order valence-corrected chi connectivity index (χ1v) is 20.4. The van der Waals surface area contributed by atoms with Crippen LogP contribution in [0.2, 0.25) is 0 Å². The fraction of sp³-hybridized carbons (Fsp3) is 0.122. The van der Waals surface area contributed by atoms with Crippen molar-refractivity contribution in [1.82, 2.24) is 19.5 Å². The summed E-state index contributed by atoms with van der Waals surface area (Å²) < 4.78 is 2.36. The zero-order valence-corrected chi connectivity index (χ0v) is 32.2. The summed E-state index contributed by atoms with van der Waals surface area (Å²) in [4.78, 5) is 42.7. The van der Waals surface area contributed by atoms with E-state index in [1.165, 1.54) is 17.8 Å². The van der Waals surface area contributed by atoms with Crippen LogP contribution < -0.4 is 5.32 Å². The van der Waals surface area contributed by atoms with E-state index in [4.69, 9.17) is 9.97 Å². The van der Waals surface area contributed by atoms with Crippen LogP contribution in [0.4, 0.5) is 5.00 Å². The summed E-state index contributed by atoms with van der Waals surface area (Å²) in [6.45, 7) is 0. The number of rotatable bonds is 8. The molecule has 1 saturated carbocycles. The van der Waals surface area contributed by atoms with E-state index in [0.29, 0.717) is 16.6 Å². The summed E-state index contributed by atoms with van der Waals surface area (Å²) in [5, 5.41) is 15.9. The lowest BCUT2D eigenvalue weighted by Gasteiger charge is -2.25. The molecule has 0 aliphatic heterocycles. The summed E-state index contributed by atoms with van der Waals surface area (Å²) in [7, 11) is 0. The Hall–Kier alpha value is -6.97. The van der Waals surface area contributed by atoms with Gasteiger partial charge in [-0.15, -0.1) is 11.3 Å². The number of nitrogens with one attached hydrogen (secondary N) is 1. The molecular weight excluding hydrogens is 739 g/mol. The topological polar surface area (TPSA) is 110 Å². The van der Waals surface area contributed by atoms with Crippen LogP contribution in [0, 0.1) is 0 Å². The van der Waals surface area contributed by atoms with Crippen molar-refractivity contribution in [2.24, 2.45) is 0 Å². The molecule has 0 radical (unpaired) electrons. The fourth-order valence-electron chi connectivity index (χ4n) is 8.38. The zero-order valence-electron chi connectivity index (χ0n) is 31.4. The van der Waals surface area contributed by atoms with Crippen LogP contribution in [0.15, 0.2) is 146 Å². The Labute approximate surface area is 338 Å². The molecule has 0 bridgehead atoms. The van der Waals surface area contributed by atoms with Crippen LogP contribution in [-0.2, 0) is 0 Å². The smallest absolute Gasteiger partial charge is 0.339 e. The van der Waals surface area contributed by atoms with E-state index in [-0.39, 0.29) is 16.6 Å². The van der Waals surface area contributed by atoms with Gasteiger partial charge in [0.25, 0.3) is 5.91 Å². The highest BCUT2D eigenvalue weighted by Crippen LogP contribution is 2.47. The number of amides is 1. The predicted octanol–water partition coefficient (Wildman–Crippen LogP) is 12.3. The van der Waals surface area contributed by atoms with E-state index in [9.17, 15) is 14.7 Å². The molecule has 1 aliphatic carbocycles. The van der Waals surface area contributed by atoms with Crippen LogP contribution in [0.3, 0.4) is 0 Å². The quantitative estimate of drug-likeness (QED) is 0.159. The number of benzene rings is 5. The van der Waals surface area contributed by atoms with Crippen molar-refractivity contribution in [3.8, 4) is 44.2 Å². The van der Waals surface area contributed by atoms with Gasteiger partial charge in [0.15, 0.2) is 0 Å². The molecule has 0 saturated heterocycles. The van der Waals surface area contributed by atoms with E-state index in [1.54, 1.807) is 6.20 Å². The number of carboxylic acids is 1. The van der Waals surface area contributed by atoms with Gasteiger partial charge in [-0.05, 0) is 84.6 Å². The van der Waals surface area contributed by atoms with Crippen molar-refractivity contribution >= 4 is 61.1 Å². The number of thiophene rings is 1. The first-order chi connectivity index (χ1) is 28.5. The van der Waals surface area contributed by atoms with Crippen LogP contribution in [-0.4, -0.2) is 36.5 Å². The van der Waals surface area contributed by atoms with Gasteiger partial charge in [0.1, 0.15) is 16.4 Å². The first kappa shape index (κ1) is 35.4. The number of aromatic nitrogens is 4. The van der Waals surface area contributed by atoms with Gasteiger partial charge in [-0.2, -0.15) is 0 Å². The van der Waals surface area contributed by atoms with E-state index >= 15 is 0 Å². The largest absolute Gasteiger partial charge is 0.478 e. The number of hydrogen-bond donors (Lipinski definition) is 2. The lowest BCUT2D eigenvalue weighted by Crippen LogP contribution is -2.14. The normalized spacial score (nSPS) is 13.3. The van der Waals surface area contributed by atoms with Gasteiger partial charge >= 0.3 is 5.97 Å². The third-order valence-electron chi connectivity index (χ3n) is 11.2. The van der Waals surface area contributed by atoms with Crippen molar-refractivity contribution < 1.29 is 14.7 Å². The molecule has 1 fully saturated rings. The molecule has 0 spiro atoms. The summed E-state index contributed by atoms with van der Waals surface area (Å²) in [6.07, 6.45) is 7.40. The number of imidazole rings is 1. The molecule has 4 heterocycles. The highest BCUT2D eigenvalue weighted by Gasteiger charge is 2.28.